The highest BCUT2D eigenvalue weighted by Gasteiger charge is 2.46. The number of anilines is 1. The van der Waals surface area contributed by atoms with Crippen LogP contribution < -0.4 is 5.32 Å². The largest absolute Gasteiger partial charge is 0.387 e. The molecule has 37 heavy (non-hydrogen) atoms. The van der Waals surface area contributed by atoms with Crippen LogP contribution in [-0.2, 0) is 24.8 Å². The Morgan fingerprint density at radius 1 is 1.19 bits per heavy atom. The number of hydrogen-bond acceptors (Lipinski definition) is 9. The Bertz CT molecular complexity index is 1420. The Labute approximate surface area is 215 Å². The van der Waals surface area contributed by atoms with Crippen LogP contribution >= 0.6 is 26.8 Å². The van der Waals surface area contributed by atoms with E-state index in [0.717, 1.165) is 12.8 Å². The second-order valence-electron chi connectivity index (χ2n) is 9.04. The van der Waals surface area contributed by atoms with Gasteiger partial charge in [0.1, 0.15) is 23.5 Å². The van der Waals surface area contributed by atoms with Crippen molar-refractivity contribution < 1.29 is 43.3 Å². The molecular weight excluding hydrogens is 550 g/mol. The quantitative estimate of drug-likeness (QED) is 0.170. The Morgan fingerprint density at radius 3 is 2.70 bits per heavy atom. The van der Waals surface area contributed by atoms with Crippen molar-refractivity contribution in [3.8, 4) is 0 Å². The molecule has 3 heterocycles. The van der Waals surface area contributed by atoms with E-state index in [1.807, 2.05) is 12.1 Å². The standard InChI is InChI=1S/C21H25ClN4O9P2/c22-17-7-15(24-14-6-5-11-3-1-2-4-12(11)14)13-8-23-26(20(13)25-17)21-19(28)18(27)16(35-21)9-34-37(32,33)10-36(29,30)31/h1-4,7-8,14,16,18-19,21,27-28H,5-6,9-10H2,(H,24,25)(H,32,33)(H2,29,30,31)/t14-,16-,18?,19+,21-/m1/s1. The minimum absolute atomic E-state index is 0.0557. The van der Waals surface area contributed by atoms with Crippen LogP contribution in [0.2, 0.25) is 5.15 Å². The Morgan fingerprint density at radius 2 is 1.95 bits per heavy atom. The number of nitrogens with one attached hydrogen (secondary N) is 1. The lowest BCUT2D eigenvalue weighted by atomic mass is 10.1. The van der Waals surface area contributed by atoms with Crippen molar-refractivity contribution in [1.82, 2.24) is 14.8 Å². The van der Waals surface area contributed by atoms with Crippen molar-refractivity contribution in [2.45, 2.75) is 43.4 Å². The van der Waals surface area contributed by atoms with Gasteiger partial charge in [-0.2, -0.15) is 5.10 Å². The number of hydrogen-bond donors (Lipinski definition) is 6. The fourth-order valence-electron chi connectivity index (χ4n) is 4.72. The molecule has 1 saturated heterocycles. The van der Waals surface area contributed by atoms with Gasteiger partial charge < -0.3 is 39.5 Å². The molecule has 0 bridgehead atoms. The van der Waals surface area contributed by atoms with Gasteiger partial charge in [-0.15, -0.1) is 0 Å². The van der Waals surface area contributed by atoms with Crippen molar-refractivity contribution in [2.75, 3.05) is 17.8 Å². The number of rotatable bonds is 8. The van der Waals surface area contributed by atoms with Crippen LogP contribution in [0.1, 0.15) is 29.8 Å². The van der Waals surface area contributed by atoms with Gasteiger partial charge in [0, 0.05) is 0 Å². The lowest BCUT2D eigenvalue weighted by Crippen LogP contribution is -2.33. The van der Waals surface area contributed by atoms with Gasteiger partial charge in [-0.05, 0) is 30.0 Å². The third-order valence-electron chi connectivity index (χ3n) is 6.38. The number of benzene rings is 1. The van der Waals surface area contributed by atoms with Crippen LogP contribution in [-0.4, -0.2) is 70.5 Å². The molecule has 2 aliphatic rings. The third kappa shape index (κ3) is 5.62. The van der Waals surface area contributed by atoms with Gasteiger partial charge in [0.2, 0.25) is 0 Å². The number of ether oxygens (including phenoxy) is 1. The Balaban J connectivity index is 1.37. The molecule has 0 spiro atoms. The Kier molecular flexibility index (Phi) is 7.23. The summed E-state index contributed by atoms with van der Waals surface area (Å²) < 4.78 is 34.7. The predicted octanol–water partition coefficient (Wildman–Crippen LogP) is 2.14. The molecule has 0 radical (unpaired) electrons. The molecule has 200 valence electrons. The van der Waals surface area contributed by atoms with Crippen molar-refractivity contribution in [3.63, 3.8) is 0 Å². The van der Waals surface area contributed by atoms with Crippen LogP contribution in [0.4, 0.5) is 5.69 Å². The molecule has 13 nitrogen and oxygen atoms in total. The summed E-state index contributed by atoms with van der Waals surface area (Å²) >= 11 is 6.30. The number of aromatic nitrogens is 3. The number of halogens is 1. The zero-order valence-corrected chi connectivity index (χ0v) is 21.7. The van der Waals surface area contributed by atoms with Crippen LogP contribution in [0.5, 0.6) is 0 Å². The molecule has 0 amide bonds. The average Bonchev–Trinajstić information content (AvgIpc) is 3.48. The molecule has 1 aromatic carbocycles. The number of aliphatic hydroxyl groups is 2. The van der Waals surface area contributed by atoms with Crippen molar-refractivity contribution in [2.24, 2.45) is 0 Å². The monoisotopic (exact) mass is 574 g/mol. The Hall–Kier alpha value is -1.89. The zero-order valence-electron chi connectivity index (χ0n) is 19.2. The first kappa shape index (κ1) is 26.7. The molecule has 6 atom stereocenters. The predicted molar refractivity (Wildman–Crippen MR) is 132 cm³/mol. The van der Waals surface area contributed by atoms with E-state index >= 15 is 0 Å². The SMILES string of the molecule is O=P(O)(O)CP(=O)(O)OC[C@H]1O[C@@H](n2ncc3c(N[C@@H]4CCc5ccccc54)cc(Cl)nc32)[C@@H](O)C1O. The van der Waals surface area contributed by atoms with E-state index in [1.54, 1.807) is 6.07 Å². The topological polar surface area (TPSA) is 196 Å². The second kappa shape index (κ2) is 10.0. The fourth-order valence-corrected chi connectivity index (χ4v) is 7.48. The van der Waals surface area contributed by atoms with Crippen LogP contribution in [0.25, 0.3) is 11.0 Å². The number of fused-ring (bicyclic) bond motifs is 2. The first-order valence-corrected chi connectivity index (χ1v) is 15.3. The minimum Gasteiger partial charge on any atom is -0.387 e. The van der Waals surface area contributed by atoms with Crippen LogP contribution in [0, 0.1) is 0 Å². The van der Waals surface area contributed by atoms with E-state index in [1.165, 1.54) is 22.0 Å². The highest BCUT2D eigenvalue weighted by Crippen LogP contribution is 2.55. The van der Waals surface area contributed by atoms with E-state index in [4.69, 9.17) is 30.6 Å². The summed E-state index contributed by atoms with van der Waals surface area (Å²) in [6.07, 6.45) is -2.25. The summed E-state index contributed by atoms with van der Waals surface area (Å²) in [6.45, 7) is -0.705. The summed E-state index contributed by atoms with van der Waals surface area (Å²) in [4.78, 5) is 31.9. The molecule has 6 N–H and O–H groups in total. The number of nitrogens with zero attached hydrogens (tertiary/aromatic N) is 3. The zero-order chi connectivity index (χ0) is 26.5. The van der Waals surface area contributed by atoms with E-state index in [9.17, 15) is 24.2 Å². The summed E-state index contributed by atoms with van der Waals surface area (Å²) in [7, 11) is -9.50. The summed E-state index contributed by atoms with van der Waals surface area (Å²) in [6, 6.07) is 9.88. The highest BCUT2D eigenvalue weighted by atomic mass is 35.5. The van der Waals surface area contributed by atoms with Crippen molar-refractivity contribution in [3.05, 3.63) is 52.8 Å². The van der Waals surface area contributed by atoms with E-state index in [2.05, 4.69) is 27.5 Å². The average molecular weight is 575 g/mol. The van der Waals surface area contributed by atoms with Gasteiger partial charge in [-0.3, -0.25) is 9.13 Å². The molecule has 1 aliphatic carbocycles. The van der Waals surface area contributed by atoms with Gasteiger partial charge in [0.25, 0.3) is 0 Å². The second-order valence-corrected chi connectivity index (χ2v) is 13.4. The van der Waals surface area contributed by atoms with Crippen LogP contribution in [0.3, 0.4) is 0 Å². The van der Waals surface area contributed by atoms with Gasteiger partial charge in [-0.1, -0.05) is 35.9 Å². The number of pyridine rings is 1. The maximum Gasteiger partial charge on any atom is 0.340 e. The molecule has 16 heteroatoms. The molecule has 5 rings (SSSR count). The fraction of sp³-hybridized carbons (Fsp3) is 0.429. The summed E-state index contributed by atoms with van der Waals surface area (Å²) in [5.41, 5.74) is 3.41. The first-order valence-electron chi connectivity index (χ1n) is 11.3. The van der Waals surface area contributed by atoms with Crippen molar-refractivity contribution >= 4 is 43.5 Å². The van der Waals surface area contributed by atoms with Gasteiger partial charge in [0.05, 0.1) is 29.9 Å². The molecule has 0 saturated carbocycles. The molecule has 2 unspecified atom stereocenters. The number of aliphatic hydroxyl groups excluding tert-OH is 2. The molecule has 1 fully saturated rings. The maximum atomic E-state index is 11.9. The van der Waals surface area contributed by atoms with Crippen LogP contribution in [0.15, 0.2) is 36.5 Å². The van der Waals surface area contributed by atoms with E-state index in [-0.39, 0.29) is 16.8 Å². The van der Waals surface area contributed by atoms with E-state index < -0.39 is 52.2 Å². The first-order chi connectivity index (χ1) is 17.4. The van der Waals surface area contributed by atoms with Gasteiger partial charge in [0.15, 0.2) is 17.8 Å². The summed E-state index contributed by atoms with van der Waals surface area (Å²) in [5.74, 6) is -1.39. The normalized spacial score (nSPS) is 27.4. The van der Waals surface area contributed by atoms with E-state index in [0.29, 0.717) is 11.1 Å². The maximum absolute atomic E-state index is 11.9. The third-order valence-corrected chi connectivity index (χ3v) is 10.0. The lowest BCUT2D eigenvalue weighted by molar-refractivity contribution is -0.0541. The molecule has 3 aromatic rings. The summed E-state index contributed by atoms with van der Waals surface area (Å²) in [5, 5.41) is 29.6. The molecule has 1 aliphatic heterocycles. The van der Waals surface area contributed by atoms with Crippen molar-refractivity contribution in [1.29, 1.82) is 0 Å². The van der Waals surface area contributed by atoms with Gasteiger partial charge in [-0.25, -0.2) is 9.67 Å². The van der Waals surface area contributed by atoms with Gasteiger partial charge >= 0.3 is 15.2 Å². The lowest BCUT2D eigenvalue weighted by Gasteiger charge is -2.18. The smallest absolute Gasteiger partial charge is 0.340 e. The molecule has 2 aromatic heterocycles. The minimum atomic E-state index is -4.83. The highest BCUT2D eigenvalue weighted by molar-refractivity contribution is 7.70. The molecular formula is C21H25ClN4O9P2. The number of aryl methyl sites for hydroxylation is 1.